The van der Waals surface area contributed by atoms with Crippen molar-refractivity contribution in [2.24, 2.45) is 0 Å². The van der Waals surface area contributed by atoms with E-state index < -0.39 is 0 Å². The Hall–Kier alpha value is -1.11. The quantitative estimate of drug-likeness (QED) is 0.607. The van der Waals surface area contributed by atoms with Gasteiger partial charge in [0.25, 0.3) is 0 Å². The van der Waals surface area contributed by atoms with E-state index in [2.05, 4.69) is 0 Å². The molecule has 0 atom stereocenters. The molecule has 0 fully saturated rings. The van der Waals surface area contributed by atoms with Crippen molar-refractivity contribution >= 4 is 0 Å². The molecule has 0 heterocycles. The van der Waals surface area contributed by atoms with Gasteiger partial charge < -0.3 is 0 Å². The smallest absolute Gasteiger partial charge is 0.126 e. The number of rotatable bonds is 2. The first-order valence-corrected chi connectivity index (χ1v) is 4.52. The Bertz CT molecular complexity index is 324. The molecule has 0 aliphatic carbocycles. The molecule has 1 heteroatoms. The molecule has 1 rings (SSSR count). The Labute approximate surface area is 79.1 Å². The zero-order valence-electron chi connectivity index (χ0n) is 8.39. The third-order valence-electron chi connectivity index (χ3n) is 2.17. The Balaban J connectivity index is 3.05. The topological polar surface area (TPSA) is 0 Å². The molecule has 0 unspecified atom stereocenters. The Morgan fingerprint density at radius 3 is 2.62 bits per heavy atom. The number of benzene rings is 1. The molecule has 0 aliphatic heterocycles. The lowest BCUT2D eigenvalue weighted by atomic mass is 10.0. The van der Waals surface area contributed by atoms with Crippen molar-refractivity contribution in [2.75, 3.05) is 0 Å². The normalized spacial score (nSPS) is 11.1. The molecule has 0 amide bonds. The summed E-state index contributed by atoms with van der Waals surface area (Å²) < 4.78 is 13.2. The highest BCUT2D eigenvalue weighted by Gasteiger charge is 2.03. The highest BCUT2D eigenvalue weighted by molar-refractivity contribution is 5.33. The predicted octanol–water partition coefficient (Wildman–Crippen LogP) is 3.56. The van der Waals surface area contributed by atoms with E-state index in [1.807, 2.05) is 39.0 Å². The van der Waals surface area contributed by atoms with Gasteiger partial charge in [-0.05, 0) is 49.9 Å². The van der Waals surface area contributed by atoms with Crippen LogP contribution in [0.3, 0.4) is 0 Å². The van der Waals surface area contributed by atoms with Gasteiger partial charge >= 0.3 is 0 Å². The second-order valence-electron chi connectivity index (χ2n) is 3.30. The van der Waals surface area contributed by atoms with E-state index in [4.69, 9.17) is 0 Å². The van der Waals surface area contributed by atoms with Crippen LogP contribution in [-0.2, 0) is 6.42 Å². The van der Waals surface area contributed by atoms with Crippen molar-refractivity contribution in [1.29, 1.82) is 0 Å². The summed E-state index contributed by atoms with van der Waals surface area (Å²) in [5, 5.41) is 0. The maximum atomic E-state index is 13.2. The predicted molar refractivity (Wildman–Crippen MR) is 54.4 cm³/mol. The number of allylic oxidation sites excluding steroid dienone is 2. The van der Waals surface area contributed by atoms with E-state index in [1.165, 1.54) is 0 Å². The molecule has 70 valence electrons. The molecule has 1 aromatic carbocycles. The average Bonchev–Trinajstić information content (AvgIpc) is 2.09. The minimum absolute atomic E-state index is 0.0977. The summed E-state index contributed by atoms with van der Waals surface area (Å²) in [4.78, 5) is 0. The van der Waals surface area contributed by atoms with Crippen LogP contribution in [0.5, 0.6) is 0 Å². The molecule has 0 spiro atoms. The van der Waals surface area contributed by atoms with Gasteiger partial charge in [-0.3, -0.25) is 0 Å². The number of halogens is 1. The minimum Gasteiger partial charge on any atom is -0.207 e. The first-order valence-electron chi connectivity index (χ1n) is 4.52. The SMILES string of the molecule is C/C=C\Cc1cc(C)cc(F)c1C. The molecule has 0 saturated heterocycles. The maximum Gasteiger partial charge on any atom is 0.126 e. The van der Waals surface area contributed by atoms with Crippen LogP contribution >= 0.6 is 0 Å². The lowest BCUT2D eigenvalue weighted by Crippen LogP contribution is -1.93. The fraction of sp³-hybridized carbons (Fsp3) is 0.333. The van der Waals surface area contributed by atoms with Gasteiger partial charge in [-0.15, -0.1) is 0 Å². The summed E-state index contributed by atoms with van der Waals surface area (Å²) in [5.74, 6) is -0.0977. The lowest BCUT2D eigenvalue weighted by molar-refractivity contribution is 0.615. The summed E-state index contributed by atoms with van der Waals surface area (Å²) in [6.45, 7) is 5.72. The van der Waals surface area contributed by atoms with Gasteiger partial charge in [-0.25, -0.2) is 4.39 Å². The Morgan fingerprint density at radius 1 is 1.31 bits per heavy atom. The number of hydrogen-bond donors (Lipinski definition) is 0. The summed E-state index contributed by atoms with van der Waals surface area (Å²) in [5.41, 5.74) is 2.84. The summed E-state index contributed by atoms with van der Waals surface area (Å²) in [6, 6.07) is 3.62. The second-order valence-corrected chi connectivity index (χ2v) is 3.30. The second kappa shape index (κ2) is 4.22. The minimum atomic E-state index is -0.0977. The highest BCUT2D eigenvalue weighted by Crippen LogP contribution is 2.16. The van der Waals surface area contributed by atoms with E-state index >= 15 is 0 Å². The molecule has 0 aromatic heterocycles. The average molecular weight is 178 g/mol. The molecular weight excluding hydrogens is 163 g/mol. The Morgan fingerprint density at radius 2 is 2.00 bits per heavy atom. The van der Waals surface area contributed by atoms with Crippen LogP contribution in [0.25, 0.3) is 0 Å². The van der Waals surface area contributed by atoms with Gasteiger partial charge in [-0.2, -0.15) is 0 Å². The van der Waals surface area contributed by atoms with Crippen molar-refractivity contribution in [3.8, 4) is 0 Å². The van der Waals surface area contributed by atoms with Gasteiger partial charge in [0.05, 0.1) is 0 Å². The molecule has 13 heavy (non-hydrogen) atoms. The van der Waals surface area contributed by atoms with E-state index in [0.717, 1.165) is 23.1 Å². The largest absolute Gasteiger partial charge is 0.207 e. The number of aryl methyl sites for hydroxylation is 1. The summed E-state index contributed by atoms with van der Waals surface area (Å²) in [6.07, 6.45) is 4.85. The van der Waals surface area contributed by atoms with Gasteiger partial charge in [0.2, 0.25) is 0 Å². The van der Waals surface area contributed by atoms with E-state index in [1.54, 1.807) is 6.07 Å². The van der Waals surface area contributed by atoms with Crippen molar-refractivity contribution in [1.82, 2.24) is 0 Å². The lowest BCUT2D eigenvalue weighted by Gasteiger charge is -2.05. The molecular formula is C12H15F. The molecule has 0 bridgehead atoms. The molecule has 0 radical (unpaired) electrons. The van der Waals surface area contributed by atoms with Crippen molar-refractivity contribution < 1.29 is 4.39 Å². The maximum absolute atomic E-state index is 13.2. The van der Waals surface area contributed by atoms with Crippen molar-refractivity contribution in [3.05, 3.63) is 46.8 Å². The van der Waals surface area contributed by atoms with Crippen LogP contribution in [0, 0.1) is 19.7 Å². The van der Waals surface area contributed by atoms with Crippen LogP contribution in [0.2, 0.25) is 0 Å². The first-order chi connectivity index (χ1) is 6.15. The van der Waals surface area contributed by atoms with E-state index in [0.29, 0.717) is 0 Å². The summed E-state index contributed by atoms with van der Waals surface area (Å²) >= 11 is 0. The third kappa shape index (κ3) is 2.41. The van der Waals surface area contributed by atoms with Crippen LogP contribution in [0.15, 0.2) is 24.3 Å². The van der Waals surface area contributed by atoms with Crippen LogP contribution < -0.4 is 0 Å². The standard InChI is InChI=1S/C12H15F/c1-4-5-6-11-7-9(2)8-12(13)10(11)3/h4-5,7-8H,6H2,1-3H3/b5-4-. The first kappa shape index (κ1) is 9.97. The third-order valence-corrected chi connectivity index (χ3v) is 2.17. The Kier molecular flexibility index (Phi) is 3.24. The fourth-order valence-corrected chi connectivity index (χ4v) is 1.34. The van der Waals surface area contributed by atoms with Crippen LogP contribution in [0.1, 0.15) is 23.6 Å². The van der Waals surface area contributed by atoms with Crippen molar-refractivity contribution in [3.63, 3.8) is 0 Å². The molecule has 0 aliphatic rings. The van der Waals surface area contributed by atoms with Crippen LogP contribution in [-0.4, -0.2) is 0 Å². The van der Waals surface area contributed by atoms with Gasteiger partial charge in [-0.1, -0.05) is 18.2 Å². The zero-order valence-corrected chi connectivity index (χ0v) is 8.39. The van der Waals surface area contributed by atoms with Crippen LogP contribution in [0.4, 0.5) is 4.39 Å². The number of hydrogen-bond acceptors (Lipinski definition) is 0. The van der Waals surface area contributed by atoms with Crippen molar-refractivity contribution in [2.45, 2.75) is 27.2 Å². The van der Waals surface area contributed by atoms with Gasteiger partial charge in [0.1, 0.15) is 5.82 Å². The summed E-state index contributed by atoms with van der Waals surface area (Å²) in [7, 11) is 0. The monoisotopic (exact) mass is 178 g/mol. The molecule has 0 nitrogen and oxygen atoms in total. The fourth-order valence-electron chi connectivity index (χ4n) is 1.34. The van der Waals surface area contributed by atoms with Gasteiger partial charge in [0.15, 0.2) is 0 Å². The molecule has 1 aromatic rings. The van der Waals surface area contributed by atoms with E-state index in [-0.39, 0.29) is 5.82 Å². The van der Waals surface area contributed by atoms with E-state index in [9.17, 15) is 4.39 Å². The molecule has 0 saturated carbocycles. The van der Waals surface area contributed by atoms with Gasteiger partial charge in [0, 0.05) is 0 Å². The zero-order chi connectivity index (χ0) is 9.84. The molecule has 0 N–H and O–H groups in total. The highest BCUT2D eigenvalue weighted by atomic mass is 19.1.